The summed E-state index contributed by atoms with van der Waals surface area (Å²) in [5, 5.41) is 36.3. The summed E-state index contributed by atoms with van der Waals surface area (Å²) in [6.45, 7) is 0. The van der Waals surface area contributed by atoms with Crippen LogP contribution in [0.4, 0.5) is 0 Å². The van der Waals surface area contributed by atoms with E-state index in [0.717, 1.165) is 0 Å². The summed E-state index contributed by atoms with van der Waals surface area (Å²) in [4.78, 5) is 4.02. The number of pyridine rings is 1. The number of aromatic nitrogens is 1. The molecule has 0 atom stereocenters. The van der Waals surface area contributed by atoms with Gasteiger partial charge in [-0.25, -0.2) is 0 Å². The summed E-state index contributed by atoms with van der Waals surface area (Å²) in [6.07, 6.45) is 1.51. The minimum absolute atomic E-state index is 0.429. The van der Waals surface area contributed by atoms with Gasteiger partial charge in [0.05, 0.1) is 30.2 Å². The molecule has 5 heteroatoms. The van der Waals surface area contributed by atoms with Crippen molar-refractivity contribution in [1.29, 1.82) is 21.0 Å². The molecule has 0 radical (unpaired) electrons. The second kappa shape index (κ2) is 3.31. The maximum absolute atomic E-state index is 9.08. The number of hydrogen-bond acceptors (Lipinski definition) is 5. The largest absolute Gasteiger partial charge is 0.261 e. The zero-order valence-corrected chi connectivity index (χ0v) is 8.62. The van der Waals surface area contributed by atoms with Gasteiger partial charge in [-0.3, -0.25) is 4.98 Å². The average Bonchev–Trinajstić information content (AvgIpc) is 3.02. The van der Waals surface area contributed by atoms with Crippen molar-refractivity contribution in [2.75, 3.05) is 0 Å². The topological polar surface area (TPSA) is 108 Å². The minimum atomic E-state index is -1.61. The molecular formula is C12H5N5. The van der Waals surface area contributed by atoms with E-state index in [9.17, 15) is 0 Å². The molecule has 1 saturated carbocycles. The van der Waals surface area contributed by atoms with Gasteiger partial charge in [-0.1, -0.05) is 6.07 Å². The van der Waals surface area contributed by atoms with Crippen molar-refractivity contribution in [2.45, 2.75) is 5.92 Å². The van der Waals surface area contributed by atoms with Gasteiger partial charge in [-0.15, -0.1) is 0 Å². The molecule has 0 aromatic carbocycles. The molecule has 0 spiro atoms. The van der Waals surface area contributed by atoms with E-state index in [2.05, 4.69) is 4.98 Å². The lowest BCUT2D eigenvalue weighted by Crippen LogP contribution is -2.05. The second-order valence-electron chi connectivity index (χ2n) is 3.75. The van der Waals surface area contributed by atoms with E-state index in [0.29, 0.717) is 5.69 Å². The van der Waals surface area contributed by atoms with Crippen molar-refractivity contribution in [2.24, 2.45) is 10.8 Å². The lowest BCUT2D eigenvalue weighted by Gasteiger charge is -1.95. The van der Waals surface area contributed by atoms with Crippen LogP contribution in [-0.4, -0.2) is 4.98 Å². The molecule has 1 aromatic heterocycles. The summed E-state index contributed by atoms with van der Waals surface area (Å²) in [5.74, 6) is -0.763. The number of nitriles is 4. The van der Waals surface area contributed by atoms with Crippen LogP contribution in [0.2, 0.25) is 0 Å². The summed E-state index contributed by atoms with van der Waals surface area (Å²) in [7, 11) is 0. The molecule has 1 aliphatic rings. The highest BCUT2D eigenvalue weighted by Crippen LogP contribution is 2.72. The minimum Gasteiger partial charge on any atom is -0.261 e. The van der Waals surface area contributed by atoms with Gasteiger partial charge in [0.25, 0.3) is 0 Å². The van der Waals surface area contributed by atoms with Gasteiger partial charge in [0, 0.05) is 11.9 Å². The normalized spacial score (nSPS) is 19.1. The van der Waals surface area contributed by atoms with Crippen LogP contribution >= 0.6 is 0 Å². The first-order chi connectivity index (χ1) is 8.22. The summed E-state index contributed by atoms with van der Waals surface area (Å²) < 4.78 is 0. The third-order valence-electron chi connectivity index (χ3n) is 3.09. The summed E-state index contributed by atoms with van der Waals surface area (Å²) >= 11 is 0. The van der Waals surface area contributed by atoms with Crippen molar-refractivity contribution in [3.05, 3.63) is 30.1 Å². The second-order valence-corrected chi connectivity index (χ2v) is 3.75. The molecular weight excluding hydrogens is 214 g/mol. The van der Waals surface area contributed by atoms with Crippen LogP contribution in [0, 0.1) is 56.2 Å². The van der Waals surface area contributed by atoms with Crippen LogP contribution in [0.15, 0.2) is 24.4 Å². The predicted octanol–water partition coefficient (Wildman–Crippen LogP) is 1.25. The Hall–Kier alpha value is -2.89. The fourth-order valence-corrected chi connectivity index (χ4v) is 2.13. The number of hydrogen-bond donors (Lipinski definition) is 0. The van der Waals surface area contributed by atoms with Crippen molar-refractivity contribution in [3.8, 4) is 24.3 Å². The first-order valence-electron chi connectivity index (χ1n) is 4.78. The molecule has 1 aliphatic carbocycles. The Bertz CT molecular complexity index is 554. The van der Waals surface area contributed by atoms with E-state index in [-0.39, 0.29) is 0 Å². The molecule has 1 heterocycles. The van der Waals surface area contributed by atoms with E-state index >= 15 is 0 Å². The Balaban J connectivity index is 2.61. The Morgan fingerprint density at radius 1 is 0.941 bits per heavy atom. The van der Waals surface area contributed by atoms with Gasteiger partial charge in [0.15, 0.2) is 10.8 Å². The van der Waals surface area contributed by atoms with Crippen molar-refractivity contribution in [3.63, 3.8) is 0 Å². The monoisotopic (exact) mass is 219 g/mol. The number of nitrogens with zero attached hydrogens (tertiary/aromatic N) is 5. The lowest BCUT2D eigenvalue weighted by molar-refractivity contribution is 0.727. The molecule has 0 N–H and O–H groups in total. The first kappa shape index (κ1) is 10.6. The van der Waals surface area contributed by atoms with Gasteiger partial charge < -0.3 is 0 Å². The number of rotatable bonds is 1. The van der Waals surface area contributed by atoms with E-state index in [4.69, 9.17) is 21.0 Å². The summed E-state index contributed by atoms with van der Waals surface area (Å²) in [6, 6.07) is 12.2. The van der Waals surface area contributed by atoms with Gasteiger partial charge in [0.1, 0.15) is 0 Å². The fraction of sp³-hybridized carbons (Fsp3) is 0.250. The van der Waals surface area contributed by atoms with Gasteiger partial charge in [-0.2, -0.15) is 21.0 Å². The van der Waals surface area contributed by atoms with Gasteiger partial charge in [0.2, 0.25) is 0 Å². The van der Waals surface area contributed by atoms with Gasteiger partial charge >= 0.3 is 0 Å². The highest BCUT2D eigenvalue weighted by molar-refractivity contribution is 5.57. The molecule has 0 bridgehead atoms. The molecule has 0 saturated heterocycles. The molecule has 1 aromatic rings. The van der Waals surface area contributed by atoms with Crippen LogP contribution in [-0.2, 0) is 0 Å². The van der Waals surface area contributed by atoms with Crippen molar-refractivity contribution in [1.82, 2.24) is 4.98 Å². The van der Waals surface area contributed by atoms with Crippen molar-refractivity contribution >= 4 is 0 Å². The van der Waals surface area contributed by atoms with E-state index in [1.807, 2.05) is 0 Å². The lowest BCUT2D eigenvalue weighted by atomic mass is 9.98. The molecule has 0 amide bonds. The van der Waals surface area contributed by atoms with Gasteiger partial charge in [-0.05, 0) is 12.1 Å². The highest BCUT2D eigenvalue weighted by Gasteiger charge is 2.82. The molecule has 17 heavy (non-hydrogen) atoms. The standard InChI is InChI=1S/C12H5N5/c13-5-11(6-14)10(12(11,7-15)8-16)9-3-1-2-4-17-9/h1-4,10H. The Kier molecular flexibility index (Phi) is 2.07. The Morgan fingerprint density at radius 2 is 1.47 bits per heavy atom. The predicted molar refractivity (Wildman–Crippen MR) is 54.3 cm³/mol. The zero-order chi connectivity index (χ0) is 12.5. The molecule has 0 aliphatic heterocycles. The third-order valence-corrected chi connectivity index (χ3v) is 3.09. The zero-order valence-electron chi connectivity index (χ0n) is 8.62. The molecule has 2 rings (SSSR count). The third kappa shape index (κ3) is 1.01. The molecule has 0 unspecified atom stereocenters. The average molecular weight is 219 g/mol. The fourth-order valence-electron chi connectivity index (χ4n) is 2.13. The SMILES string of the molecule is N#CC1(C#N)C(c2ccccn2)C1(C#N)C#N. The van der Waals surface area contributed by atoms with Crippen LogP contribution in [0.3, 0.4) is 0 Å². The van der Waals surface area contributed by atoms with E-state index < -0.39 is 16.7 Å². The van der Waals surface area contributed by atoms with E-state index in [1.54, 1.807) is 42.5 Å². The van der Waals surface area contributed by atoms with Crippen molar-refractivity contribution < 1.29 is 0 Å². The quantitative estimate of drug-likeness (QED) is 0.706. The maximum Gasteiger partial charge on any atom is 0.187 e. The van der Waals surface area contributed by atoms with Crippen LogP contribution in [0.1, 0.15) is 11.6 Å². The molecule has 5 nitrogen and oxygen atoms in total. The molecule has 78 valence electrons. The van der Waals surface area contributed by atoms with Crippen LogP contribution < -0.4 is 0 Å². The smallest absolute Gasteiger partial charge is 0.187 e. The molecule has 1 fully saturated rings. The Labute approximate surface area is 97.8 Å². The Morgan fingerprint density at radius 3 is 1.82 bits per heavy atom. The first-order valence-corrected chi connectivity index (χ1v) is 4.78. The van der Waals surface area contributed by atoms with E-state index in [1.165, 1.54) is 6.20 Å². The highest BCUT2D eigenvalue weighted by atomic mass is 14.8. The maximum atomic E-state index is 9.08. The summed E-state index contributed by atoms with van der Waals surface area (Å²) in [5.41, 5.74) is -2.78. The van der Waals surface area contributed by atoms with Crippen LogP contribution in [0.5, 0.6) is 0 Å². The van der Waals surface area contributed by atoms with Crippen LogP contribution in [0.25, 0.3) is 0 Å².